The van der Waals surface area contributed by atoms with Crippen molar-refractivity contribution in [3.05, 3.63) is 65.2 Å². The van der Waals surface area contributed by atoms with Gasteiger partial charge in [0.15, 0.2) is 0 Å². The predicted molar refractivity (Wildman–Crippen MR) is 81.4 cm³/mol. The first-order chi connectivity index (χ1) is 9.56. The second kappa shape index (κ2) is 6.24. The summed E-state index contributed by atoms with van der Waals surface area (Å²) in [5.41, 5.74) is 3.28. The average molecular weight is 269 g/mol. The van der Waals surface area contributed by atoms with Crippen molar-refractivity contribution in [3.63, 3.8) is 0 Å². The molecule has 0 saturated carbocycles. The smallest absolute Gasteiger partial charge is 0.337 e. The molecule has 104 valence electrons. The van der Waals surface area contributed by atoms with Gasteiger partial charge < -0.3 is 10.4 Å². The highest BCUT2D eigenvalue weighted by atomic mass is 16.4. The maximum atomic E-state index is 11.2. The number of carbonyl (C=O) groups is 1. The number of carboxylic acid groups (broad SMARTS) is 1. The second-order valence-corrected chi connectivity index (χ2v) is 5.09. The number of benzene rings is 2. The number of hydrogen-bond donors (Lipinski definition) is 2. The Labute approximate surface area is 119 Å². The second-order valence-electron chi connectivity index (χ2n) is 5.09. The molecule has 2 aromatic carbocycles. The third-order valence-electron chi connectivity index (χ3n) is 3.19. The van der Waals surface area contributed by atoms with Gasteiger partial charge in [0.05, 0.1) is 5.56 Å². The van der Waals surface area contributed by atoms with Gasteiger partial charge in [0.2, 0.25) is 0 Å². The number of hydrogen-bond acceptors (Lipinski definition) is 2. The molecule has 0 aliphatic rings. The molecular weight excluding hydrogens is 250 g/mol. The average Bonchev–Trinajstić information content (AvgIpc) is 2.39. The van der Waals surface area contributed by atoms with Gasteiger partial charge >= 0.3 is 5.97 Å². The van der Waals surface area contributed by atoms with Crippen molar-refractivity contribution in [1.29, 1.82) is 0 Å². The summed E-state index contributed by atoms with van der Waals surface area (Å²) in [4.78, 5) is 11.2. The molecule has 2 N–H and O–H groups in total. The number of nitrogens with one attached hydrogen (secondary N) is 1. The van der Waals surface area contributed by atoms with Crippen LogP contribution in [0.25, 0.3) is 0 Å². The highest BCUT2D eigenvalue weighted by Gasteiger charge is 2.12. The van der Waals surface area contributed by atoms with Crippen LogP contribution in [-0.2, 0) is 6.42 Å². The molecule has 0 bridgehead atoms. The monoisotopic (exact) mass is 269 g/mol. The van der Waals surface area contributed by atoms with Gasteiger partial charge in [0.1, 0.15) is 0 Å². The fraction of sp³-hybridized carbons (Fsp3) is 0.235. The van der Waals surface area contributed by atoms with Crippen LogP contribution >= 0.6 is 0 Å². The van der Waals surface area contributed by atoms with Gasteiger partial charge in [-0.1, -0.05) is 36.4 Å². The normalized spacial score (nSPS) is 11.9. The summed E-state index contributed by atoms with van der Waals surface area (Å²) in [6, 6.07) is 15.7. The summed E-state index contributed by atoms with van der Waals surface area (Å²) in [6.45, 7) is 4.01. The fourth-order valence-electron chi connectivity index (χ4n) is 2.25. The largest absolute Gasteiger partial charge is 0.478 e. The van der Waals surface area contributed by atoms with Crippen molar-refractivity contribution < 1.29 is 9.90 Å². The third kappa shape index (κ3) is 3.60. The lowest BCUT2D eigenvalue weighted by Crippen LogP contribution is -2.20. The van der Waals surface area contributed by atoms with Crippen molar-refractivity contribution in [3.8, 4) is 0 Å². The Morgan fingerprint density at radius 1 is 1.20 bits per heavy atom. The van der Waals surface area contributed by atoms with Crippen molar-refractivity contribution in [2.24, 2.45) is 0 Å². The topological polar surface area (TPSA) is 49.3 Å². The van der Waals surface area contributed by atoms with Crippen LogP contribution in [0.2, 0.25) is 0 Å². The minimum Gasteiger partial charge on any atom is -0.478 e. The molecule has 0 heterocycles. The van der Waals surface area contributed by atoms with Gasteiger partial charge in [-0.2, -0.15) is 0 Å². The highest BCUT2D eigenvalue weighted by Crippen LogP contribution is 2.19. The molecule has 0 radical (unpaired) electrons. The van der Waals surface area contributed by atoms with E-state index in [2.05, 4.69) is 24.4 Å². The minimum absolute atomic E-state index is 0.164. The quantitative estimate of drug-likeness (QED) is 0.869. The molecule has 0 aromatic heterocycles. The SMILES string of the molecule is Cc1ccc(C(=O)O)c(NC(C)Cc2ccccc2)c1. The molecule has 0 aliphatic carbocycles. The minimum atomic E-state index is -0.903. The molecule has 0 aliphatic heterocycles. The zero-order chi connectivity index (χ0) is 14.5. The Morgan fingerprint density at radius 3 is 2.55 bits per heavy atom. The molecule has 20 heavy (non-hydrogen) atoms. The summed E-state index contributed by atoms with van der Waals surface area (Å²) >= 11 is 0. The predicted octanol–water partition coefficient (Wildman–Crippen LogP) is 3.74. The highest BCUT2D eigenvalue weighted by molar-refractivity contribution is 5.94. The number of rotatable bonds is 5. The van der Waals surface area contributed by atoms with E-state index >= 15 is 0 Å². The van der Waals surface area contributed by atoms with Crippen molar-refractivity contribution in [1.82, 2.24) is 0 Å². The standard InChI is InChI=1S/C17H19NO2/c1-12-8-9-15(17(19)20)16(10-12)18-13(2)11-14-6-4-3-5-7-14/h3-10,13,18H,11H2,1-2H3,(H,19,20). The van der Waals surface area contributed by atoms with Crippen LogP contribution in [-0.4, -0.2) is 17.1 Å². The van der Waals surface area contributed by atoms with Crippen molar-refractivity contribution in [2.45, 2.75) is 26.3 Å². The number of aryl methyl sites for hydroxylation is 1. The van der Waals surface area contributed by atoms with E-state index in [-0.39, 0.29) is 6.04 Å². The lowest BCUT2D eigenvalue weighted by molar-refractivity contribution is 0.0698. The van der Waals surface area contributed by atoms with Gasteiger partial charge in [-0.3, -0.25) is 0 Å². The van der Waals surface area contributed by atoms with E-state index in [9.17, 15) is 9.90 Å². The van der Waals surface area contributed by atoms with Crippen LogP contribution in [0.5, 0.6) is 0 Å². The van der Waals surface area contributed by atoms with E-state index in [1.807, 2.05) is 37.3 Å². The van der Waals surface area contributed by atoms with Crippen LogP contribution in [0.4, 0.5) is 5.69 Å². The van der Waals surface area contributed by atoms with E-state index in [4.69, 9.17) is 0 Å². The maximum absolute atomic E-state index is 11.2. The first kappa shape index (κ1) is 14.1. The molecule has 2 aromatic rings. The molecule has 3 nitrogen and oxygen atoms in total. The number of anilines is 1. The van der Waals surface area contributed by atoms with Crippen LogP contribution in [0.3, 0.4) is 0 Å². The van der Waals surface area contributed by atoms with Crippen LogP contribution in [0.1, 0.15) is 28.4 Å². The van der Waals surface area contributed by atoms with Crippen LogP contribution in [0, 0.1) is 6.92 Å². The molecule has 0 amide bonds. The van der Waals surface area contributed by atoms with Crippen molar-refractivity contribution in [2.75, 3.05) is 5.32 Å². The zero-order valence-corrected chi connectivity index (χ0v) is 11.8. The van der Waals surface area contributed by atoms with Gasteiger partial charge in [-0.25, -0.2) is 4.79 Å². The molecule has 0 saturated heterocycles. The van der Waals surface area contributed by atoms with Gasteiger partial charge in [-0.05, 0) is 43.5 Å². The van der Waals surface area contributed by atoms with E-state index in [0.717, 1.165) is 12.0 Å². The Morgan fingerprint density at radius 2 is 1.90 bits per heavy atom. The zero-order valence-electron chi connectivity index (χ0n) is 11.8. The molecule has 2 rings (SSSR count). The molecule has 1 unspecified atom stereocenters. The summed E-state index contributed by atoms with van der Waals surface area (Å²) < 4.78 is 0. The van der Waals surface area contributed by atoms with Gasteiger partial charge in [0.25, 0.3) is 0 Å². The first-order valence-electron chi connectivity index (χ1n) is 6.70. The molecule has 0 spiro atoms. The summed E-state index contributed by atoms with van der Waals surface area (Å²) in [5.74, 6) is -0.903. The summed E-state index contributed by atoms with van der Waals surface area (Å²) in [6.07, 6.45) is 0.855. The van der Waals surface area contributed by atoms with E-state index in [1.54, 1.807) is 6.07 Å². The lowest BCUT2D eigenvalue weighted by atomic mass is 10.1. The number of aromatic carboxylic acids is 1. The summed E-state index contributed by atoms with van der Waals surface area (Å²) in [7, 11) is 0. The van der Waals surface area contributed by atoms with Gasteiger partial charge in [0, 0.05) is 11.7 Å². The van der Waals surface area contributed by atoms with E-state index in [0.29, 0.717) is 11.3 Å². The number of carboxylic acids is 1. The molecular formula is C17H19NO2. The molecule has 1 atom stereocenters. The Balaban J connectivity index is 2.13. The van der Waals surface area contributed by atoms with Crippen LogP contribution < -0.4 is 5.32 Å². The Bertz CT molecular complexity index is 593. The summed E-state index contributed by atoms with van der Waals surface area (Å²) in [5, 5.41) is 12.5. The Hall–Kier alpha value is -2.29. The maximum Gasteiger partial charge on any atom is 0.337 e. The van der Waals surface area contributed by atoms with Crippen molar-refractivity contribution >= 4 is 11.7 Å². The fourth-order valence-corrected chi connectivity index (χ4v) is 2.25. The van der Waals surface area contributed by atoms with Crippen LogP contribution in [0.15, 0.2) is 48.5 Å². The molecule has 0 fully saturated rings. The third-order valence-corrected chi connectivity index (χ3v) is 3.19. The molecule has 3 heteroatoms. The first-order valence-corrected chi connectivity index (χ1v) is 6.70. The van der Waals surface area contributed by atoms with E-state index in [1.165, 1.54) is 5.56 Å². The van der Waals surface area contributed by atoms with E-state index < -0.39 is 5.97 Å². The lowest BCUT2D eigenvalue weighted by Gasteiger charge is -2.17. The Kier molecular flexibility index (Phi) is 4.41. The van der Waals surface area contributed by atoms with Gasteiger partial charge in [-0.15, -0.1) is 0 Å².